The largest absolute Gasteiger partial charge is 0.332 e. The molecule has 3 rings (SSSR count). The first-order chi connectivity index (χ1) is 8.79. The maximum atomic E-state index is 4.82. The fourth-order valence-corrected chi connectivity index (χ4v) is 3.23. The van der Waals surface area contributed by atoms with E-state index >= 15 is 0 Å². The van der Waals surface area contributed by atoms with Gasteiger partial charge in [0.15, 0.2) is 10.8 Å². The molecule has 2 aromatic heterocycles. The Morgan fingerprint density at radius 3 is 2.94 bits per heavy atom. The molecule has 2 aromatic rings. The molecule has 1 N–H and O–H groups in total. The molecule has 0 aromatic carbocycles. The lowest BCUT2D eigenvalue weighted by Gasteiger charge is -2.00. The lowest BCUT2D eigenvalue weighted by atomic mass is 10.2. The van der Waals surface area contributed by atoms with E-state index in [9.17, 15) is 0 Å². The first-order valence-corrected chi connectivity index (χ1v) is 7.29. The molecule has 1 saturated carbocycles. The van der Waals surface area contributed by atoms with Crippen LogP contribution in [-0.2, 0) is 13.6 Å². The van der Waals surface area contributed by atoms with Gasteiger partial charge in [-0.15, -0.1) is 11.3 Å². The Labute approximate surface area is 111 Å². The van der Waals surface area contributed by atoms with Crippen molar-refractivity contribution in [2.45, 2.75) is 32.2 Å². The molecule has 96 valence electrons. The maximum absolute atomic E-state index is 4.82. The van der Waals surface area contributed by atoms with E-state index in [2.05, 4.69) is 17.2 Å². The molecule has 18 heavy (non-hydrogen) atoms. The summed E-state index contributed by atoms with van der Waals surface area (Å²) < 4.78 is 2.03. The van der Waals surface area contributed by atoms with E-state index in [4.69, 9.17) is 4.98 Å². The van der Waals surface area contributed by atoms with Crippen molar-refractivity contribution in [1.29, 1.82) is 0 Å². The first kappa shape index (κ1) is 11.9. The Bertz CT molecular complexity index is 539. The van der Waals surface area contributed by atoms with Crippen LogP contribution < -0.4 is 5.32 Å². The van der Waals surface area contributed by atoms with Gasteiger partial charge in [0.1, 0.15) is 0 Å². The standard InChI is InChI=1S/C13H18N4S/c1-3-14-8-10-11(9-4-5-9)16-13(18-10)12-15-6-7-17(12)2/h6-7,9,14H,3-5,8H2,1-2H3. The molecule has 4 nitrogen and oxygen atoms in total. The molecule has 2 heterocycles. The van der Waals surface area contributed by atoms with Crippen molar-refractivity contribution in [3.63, 3.8) is 0 Å². The average molecular weight is 262 g/mol. The SMILES string of the molecule is CCNCc1sc(-c2nccn2C)nc1C1CC1. The highest BCUT2D eigenvalue weighted by Crippen LogP contribution is 2.43. The number of imidazole rings is 1. The van der Waals surface area contributed by atoms with Gasteiger partial charge in [-0.1, -0.05) is 6.92 Å². The monoisotopic (exact) mass is 262 g/mol. The lowest BCUT2D eigenvalue weighted by Crippen LogP contribution is -2.11. The van der Waals surface area contributed by atoms with Crippen LogP contribution in [0.2, 0.25) is 0 Å². The zero-order valence-electron chi connectivity index (χ0n) is 10.8. The van der Waals surface area contributed by atoms with Crippen LogP contribution in [0.4, 0.5) is 0 Å². The Balaban J connectivity index is 1.94. The molecular weight excluding hydrogens is 244 g/mol. The van der Waals surface area contributed by atoms with Crippen LogP contribution in [0.25, 0.3) is 10.8 Å². The predicted octanol–water partition coefficient (Wildman–Crippen LogP) is 2.53. The second kappa shape index (κ2) is 4.82. The molecule has 0 spiro atoms. The van der Waals surface area contributed by atoms with Gasteiger partial charge < -0.3 is 9.88 Å². The summed E-state index contributed by atoms with van der Waals surface area (Å²) >= 11 is 1.78. The van der Waals surface area contributed by atoms with Crippen LogP contribution in [0, 0.1) is 0 Å². The molecular formula is C13H18N4S. The predicted molar refractivity (Wildman–Crippen MR) is 73.7 cm³/mol. The highest BCUT2D eigenvalue weighted by atomic mass is 32.1. The quantitative estimate of drug-likeness (QED) is 0.900. The minimum absolute atomic E-state index is 0.698. The number of rotatable bonds is 5. The summed E-state index contributed by atoms with van der Waals surface area (Å²) in [5.41, 5.74) is 1.30. The molecule has 5 heteroatoms. The minimum atomic E-state index is 0.698. The number of aryl methyl sites for hydroxylation is 1. The van der Waals surface area contributed by atoms with E-state index in [1.807, 2.05) is 24.0 Å². The molecule has 0 radical (unpaired) electrons. The summed E-state index contributed by atoms with van der Waals surface area (Å²) in [7, 11) is 2.02. The molecule has 0 bridgehead atoms. The van der Waals surface area contributed by atoms with Gasteiger partial charge in [0.2, 0.25) is 0 Å². The van der Waals surface area contributed by atoms with Crippen LogP contribution in [0.1, 0.15) is 36.3 Å². The zero-order chi connectivity index (χ0) is 12.5. The summed E-state index contributed by atoms with van der Waals surface area (Å²) in [6.45, 7) is 4.07. The van der Waals surface area contributed by atoms with E-state index in [0.29, 0.717) is 5.92 Å². The van der Waals surface area contributed by atoms with Crippen LogP contribution in [0.15, 0.2) is 12.4 Å². The third kappa shape index (κ3) is 2.20. The molecule has 0 saturated heterocycles. The van der Waals surface area contributed by atoms with Crippen molar-refractivity contribution < 1.29 is 0 Å². The lowest BCUT2D eigenvalue weighted by molar-refractivity contribution is 0.727. The van der Waals surface area contributed by atoms with Crippen molar-refractivity contribution in [3.8, 4) is 10.8 Å². The van der Waals surface area contributed by atoms with E-state index < -0.39 is 0 Å². The van der Waals surface area contributed by atoms with Gasteiger partial charge in [0, 0.05) is 36.8 Å². The highest BCUT2D eigenvalue weighted by molar-refractivity contribution is 7.15. The fraction of sp³-hybridized carbons (Fsp3) is 0.538. The normalized spacial score (nSPS) is 15.2. The molecule has 1 fully saturated rings. The minimum Gasteiger partial charge on any atom is -0.332 e. The van der Waals surface area contributed by atoms with Crippen molar-refractivity contribution >= 4 is 11.3 Å². The van der Waals surface area contributed by atoms with Crippen LogP contribution in [0.3, 0.4) is 0 Å². The zero-order valence-corrected chi connectivity index (χ0v) is 11.6. The highest BCUT2D eigenvalue weighted by Gasteiger charge is 2.30. The van der Waals surface area contributed by atoms with Crippen molar-refractivity contribution in [2.24, 2.45) is 7.05 Å². The van der Waals surface area contributed by atoms with Crippen LogP contribution in [0.5, 0.6) is 0 Å². The summed E-state index contributed by atoms with van der Waals surface area (Å²) in [6.07, 6.45) is 6.39. The van der Waals surface area contributed by atoms with Gasteiger partial charge in [-0.05, 0) is 19.4 Å². The fourth-order valence-electron chi connectivity index (χ4n) is 2.07. The number of hydrogen-bond donors (Lipinski definition) is 1. The van der Waals surface area contributed by atoms with Gasteiger partial charge >= 0.3 is 0 Å². The molecule has 1 aliphatic carbocycles. The van der Waals surface area contributed by atoms with Gasteiger partial charge in [-0.3, -0.25) is 0 Å². The molecule has 0 amide bonds. The number of hydrogen-bond acceptors (Lipinski definition) is 4. The third-order valence-electron chi connectivity index (χ3n) is 3.24. The number of aromatic nitrogens is 3. The molecule has 0 aliphatic heterocycles. The third-order valence-corrected chi connectivity index (χ3v) is 4.31. The van der Waals surface area contributed by atoms with Gasteiger partial charge in [0.25, 0.3) is 0 Å². The summed E-state index contributed by atoms with van der Waals surface area (Å²) in [6, 6.07) is 0. The summed E-state index contributed by atoms with van der Waals surface area (Å²) in [5, 5.41) is 4.46. The number of thiazole rings is 1. The topological polar surface area (TPSA) is 42.7 Å². The van der Waals surface area contributed by atoms with Gasteiger partial charge in [-0.2, -0.15) is 0 Å². The van der Waals surface area contributed by atoms with Crippen molar-refractivity contribution in [3.05, 3.63) is 23.0 Å². The Morgan fingerprint density at radius 1 is 1.50 bits per heavy atom. The second-order valence-corrected chi connectivity index (χ2v) is 5.83. The van der Waals surface area contributed by atoms with E-state index in [0.717, 1.165) is 23.9 Å². The van der Waals surface area contributed by atoms with Gasteiger partial charge in [0.05, 0.1) is 5.69 Å². The second-order valence-electron chi connectivity index (χ2n) is 4.74. The Morgan fingerprint density at radius 2 is 2.33 bits per heavy atom. The average Bonchev–Trinajstić information content (AvgIpc) is 2.99. The van der Waals surface area contributed by atoms with E-state index in [1.54, 1.807) is 11.3 Å². The van der Waals surface area contributed by atoms with Crippen molar-refractivity contribution in [1.82, 2.24) is 19.9 Å². The maximum Gasteiger partial charge on any atom is 0.168 e. The number of nitrogens with zero attached hydrogens (tertiary/aromatic N) is 3. The van der Waals surface area contributed by atoms with Gasteiger partial charge in [-0.25, -0.2) is 9.97 Å². The smallest absolute Gasteiger partial charge is 0.168 e. The van der Waals surface area contributed by atoms with E-state index in [-0.39, 0.29) is 0 Å². The van der Waals surface area contributed by atoms with Crippen LogP contribution >= 0.6 is 11.3 Å². The summed E-state index contributed by atoms with van der Waals surface area (Å²) in [4.78, 5) is 10.6. The molecule has 1 aliphatic rings. The molecule has 0 atom stereocenters. The first-order valence-electron chi connectivity index (χ1n) is 6.47. The summed E-state index contributed by atoms with van der Waals surface area (Å²) in [5.74, 6) is 1.67. The van der Waals surface area contributed by atoms with Crippen molar-refractivity contribution in [2.75, 3.05) is 6.54 Å². The Hall–Kier alpha value is -1.20. The molecule has 0 unspecified atom stereocenters. The van der Waals surface area contributed by atoms with E-state index in [1.165, 1.54) is 23.4 Å². The Kier molecular flexibility index (Phi) is 3.18. The van der Waals surface area contributed by atoms with Crippen LogP contribution in [-0.4, -0.2) is 21.1 Å². The number of nitrogens with one attached hydrogen (secondary N) is 1.